The van der Waals surface area contributed by atoms with Crippen molar-refractivity contribution >= 4 is 29.1 Å². The maximum absolute atomic E-state index is 12.8. The number of carbonyl (C=O) groups excluding carboxylic acids is 2. The molecule has 0 spiro atoms. The van der Waals surface area contributed by atoms with Gasteiger partial charge in [-0.25, -0.2) is 0 Å². The number of ether oxygens (including phenoxy) is 1. The molecule has 2 atom stereocenters. The Kier molecular flexibility index (Phi) is 7.92. The third kappa shape index (κ3) is 5.84. The van der Waals surface area contributed by atoms with Gasteiger partial charge in [-0.3, -0.25) is 9.59 Å². The number of methoxy groups -OCH3 is 1. The molecule has 0 saturated heterocycles. The number of anilines is 1. The Morgan fingerprint density at radius 3 is 2.63 bits per heavy atom. The molecular formula is C20H31ClN3O3+. The summed E-state index contributed by atoms with van der Waals surface area (Å²) in [5.74, 6) is 0.451. The zero-order valence-electron chi connectivity index (χ0n) is 16.7. The first-order valence-electron chi connectivity index (χ1n) is 9.55. The van der Waals surface area contributed by atoms with Gasteiger partial charge in [0.15, 0.2) is 12.6 Å². The molecule has 0 aromatic heterocycles. The van der Waals surface area contributed by atoms with Gasteiger partial charge in [-0.05, 0) is 38.0 Å². The molecule has 0 heterocycles. The van der Waals surface area contributed by atoms with Crippen LogP contribution in [0.2, 0.25) is 5.02 Å². The minimum Gasteiger partial charge on any atom is -0.495 e. The quantitative estimate of drug-likeness (QED) is 0.740. The summed E-state index contributed by atoms with van der Waals surface area (Å²) in [6.07, 6.45) is 5.77. The van der Waals surface area contributed by atoms with Crippen LogP contribution >= 0.6 is 11.6 Å². The van der Waals surface area contributed by atoms with Crippen molar-refractivity contribution in [2.45, 2.75) is 51.1 Å². The summed E-state index contributed by atoms with van der Waals surface area (Å²) in [6, 6.07) is 5.10. The Morgan fingerprint density at radius 1 is 1.33 bits per heavy atom. The second kappa shape index (κ2) is 9.95. The number of rotatable bonds is 7. The molecule has 1 aromatic rings. The van der Waals surface area contributed by atoms with Crippen molar-refractivity contribution < 1.29 is 19.2 Å². The van der Waals surface area contributed by atoms with Gasteiger partial charge in [-0.15, -0.1) is 0 Å². The number of carbonyl (C=O) groups is 2. The summed E-state index contributed by atoms with van der Waals surface area (Å²) in [7, 11) is 5.29. The Morgan fingerprint density at radius 2 is 2.00 bits per heavy atom. The minimum absolute atomic E-state index is 0.0903. The first-order chi connectivity index (χ1) is 12.8. The van der Waals surface area contributed by atoms with Gasteiger partial charge in [-0.2, -0.15) is 0 Å². The highest BCUT2D eigenvalue weighted by Gasteiger charge is 2.31. The van der Waals surface area contributed by atoms with E-state index in [2.05, 4.69) is 5.32 Å². The number of quaternary nitrogens is 1. The molecule has 6 nitrogen and oxygen atoms in total. The SMILES string of the molecule is COc1ccc(Cl)cc1NC(=O)C[NH+](C)[C@H](C)C(=O)N(C)C1CCCCC1. The fourth-order valence-electron chi connectivity index (χ4n) is 3.54. The molecule has 2 amide bonds. The predicted molar refractivity (Wildman–Crippen MR) is 107 cm³/mol. The molecule has 2 N–H and O–H groups in total. The summed E-state index contributed by atoms with van der Waals surface area (Å²) in [6.45, 7) is 2.06. The largest absolute Gasteiger partial charge is 0.495 e. The Labute approximate surface area is 166 Å². The van der Waals surface area contributed by atoms with E-state index in [1.807, 2.05) is 25.9 Å². The van der Waals surface area contributed by atoms with Crippen LogP contribution in [-0.2, 0) is 9.59 Å². The lowest BCUT2D eigenvalue weighted by atomic mass is 9.94. The Balaban J connectivity index is 1.93. The summed E-state index contributed by atoms with van der Waals surface area (Å²) in [5, 5.41) is 3.34. The zero-order valence-corrected chi connectivity index (χ0v) is 17.4. The van der Waals surface area contributed by atoms with E-state index in [-0.39, 0.29) is 24.4 Å². The molecule has 150 valence electrons. The lowest BCUT2D eigenvalue weighted by Crippen LogP contribution is -3.15. The smallest absolute Gasteiger partial charge is 0.280 e. The summed E-state index contributed by atoms with van der Waals surface area (Å²) < 4.78 is 5.25. The monoisotopic (exact) mass is 396 g/mol. The van der Waals surface area contributed by atoms with E-state index in [9.17, 15) is 9.59 Å². The number of likely N-dealkylation sites (N-methyl/N-ethyl adjacent to an activating group) is 2. The summed E-state index contributed by atoms with van der Waals surface area (Å²) in [5.41, 5.74) is 0.529. The highest BCUT2D eigenvalue weighted by Crippen LogP contribution is 2.27. The second-order valence-electron chi connectivity index (χ2n) is 7.38. The van der Waals surface area contributed by atoms with Crippen LogP contribution in [0.15, 0.2) is 18.2 Å². The van der Waals surface area contributed by atoms with Crippen LogP contribution in [-0.4, -0.2) is 56.5 Å². The third-order valence-corrected chi connectivity index (χ3v) is 5.69. The molecule has 2 rings (SSSR count). The molecule has 0 aliphatic heterocycles. The summed E-state index contributed by atoms with van der Waals surface area (Å²) >= 11 is 6.00. The van der Waals surface area contributed by atoms with E-state index in [0.717, 1.165) is 17.7 Å². The number of hydrogen-bond acceptors (Lipinski definition) is 3. The number of amides is 2. The minimum atomic E-state index is -0.288. The lowest BCUT2D eigenvalue weighted by Gasteiger charge is -2.33. The average molecular weight is 397 g/mol. The van der Waals surface area contributed by atoms with E-state index >= 15 is 0 Å². The molecule has 1 aliphatic rings. The molecular weight excluding hydrogens is 366 g/mol. The van der Waals surface area contributed by atoms with Gasteiger partial charge in [0.2, 0.25) is 0 Å². The second-order valence-corrected chi connectivity index (χ2v) is 7.82. The topological polar surface area (TPSA) is 63.1 Å². The van der Waals surface area contributed by atoms with E-state index in [0.29, 0.717) is 22.5 Å². The van der Waals surface area contributed by atoms with Gasteiger partial charge >= 0.3 is 0 Å². The Hall–Kier alpha value is -1.79. The van der Waals surface area contributed by atoms with Crippen molar-refractivity contribution in [1.29, 1.82) is 0 Å². The highest BCUT2D eigenvalue weighted by molar-refractivity contribution is 6.31. The molecule has 27 heavy (non-hydrogen) atoms. The maximum Gasteiger partial charge on any atom is 0.280 e. The van der Waals surface area contributed by atoms with E-state index in [1.165, 1.54) is 26.4 Å². The molecule has 0 bridgehead atoms. The van der Waals surface area contributed by atoms with Crippen molar-refractivity contribution in [3.8, 4) is 5.75 Å². The van der Waals surface area contributed by atoms with Gasteiger partial charge in [0, 0.05) is 18.1 Å². The third-order valence-electron chi connectivity index (χ3n) is 5.45. The Bertz CT molecular complexity index is 662. The summed E-state index contributed by atoms with van der Waals surface area (Å²) in [4.78, 5) is 28.0. The van der Waals surface area contributed by atoms with Crippen LogP contribution in [0.3, 0.4) is 0 Å². The van der Waals surface area contributed by atoms with Gasteiger partial charge in [0.25, 0.3) is 11.8 Å². The standard InChI is InChI=1S/C20H30ClN3O3/c1-14(20(26)24(3)16-8-6-5-7-9-16)23(2)13-19(25)22-17-12-15(21)10-11-18(17)27-4/h10-12,14,16H,5-9,13H2,1-4H3,(H,22,25)/p+1/t14-/m1/s1. The molecule has 0 radical (unpaired) electrons. The van der Waals surface area contributed by atoms with Crippen LogP contribution in [0, 0.1) is 0 Å². The molecule has 1 aliphatic carbocycles. The molecule has 1 fully saturated rings. The van der Waals surface area contributed by atoms with Crippen molar-refractivity contribution in [3.05, 3.63) is 23.2 Å². The number of halogens is 1. The zero-order chi connectivity index (χ0) is 20.0. The van der Waals surface area contributed by atoms with Crippen molar-refractivity contribution in [2.75, 3.05) is 33.1 Å². The average Bonchev–Trinajstić information content (AvgIpc) is 2.67. The molecule has 1 saturated carbocycles. The van der Waals surface area contributed by atoms with Crippen molar-refractivity contribution in [1.82, 2.24) is 4.90 Å². The highest BCUT2D eigenvalue weighted by atomic mass is 35.5. The van der Waals surface area contributed by atoms with Gasteiger partial charge in [-0.1, -0.05) is 30.9 Å². The van der Waals surface area contributed by atoms with Crippen molar-refractivity contribution in [2.24, 2.45) is 0 Å². The molecule has 1 unspecified atom stereocenters. The first kappa shape index (κ1) is 21.5. The van der Waals surface area contributed by atoms with Gasteiger partial charge < -0.3 is 19.9 Å². The van der Waals surface area contributed by atoms with Gasteiger partial charge in [0.1, 0.15) is 5.75 Å². The van der Waals surface area contributed by atoms with E-state index in [4.69, 9.17) is 16.3 Å². The number of nitrogens with zero attached hydrogens (tertiary/aromatic N) is 1. The van der Waals surface area contributed by atoms with E-state index < -0.39 is 0 Å². The fourth-order valence-corrected chi connectivity index (χ4v) is 3.72. The predicted octanol–water partition coefficient (Wildman–Crippen LogP) is 1.98. The number of hydrogen-bond donors (Lipinski definition) is 2. The van der Waals surface area contributed by atoms with E-state index in [1.54, 1.807) is 18.2 Å². The fraction of sp³-hybridized carbons (Fsp3) is 0.600. The van der Waals surface area contributed by atoms with Crippen LogP contribution in [0.4, 0.5) is 5.69 Å². The maximum atomic E-state index is 12.8. The molecule has 1 aromatic carbocycles. The first-order valence-corrected chi connectivity index (χ1v) is 9.93. The number of benzene rings is 1. The van der Waals surface area contributed by atoms with Crippen LogP contribution < -0.4 is 15.0 Å². The molecule has 7 heteroatoms. The van der Waals surface area contributed by atoms with Gasteiger partial charge in [0.05, 0.1) is 19.8 Å². The van der Waals surface area contributed by atoms with Crippen LogP contribution in [0.1, 0.15) is 39.0 Å². The van der Waals surface area contributed by atoms with Crippen LogP contribution in [0.25, 0.3) is 0 Å². The number of nitrogens with one attached hydrogen (secondary N) is 2. The van der Waals surface area contributed by atoms with Crippen LogP contribution in [0.5, 0.6) is 5.75 Å². The normalized spacial score (nSPS) is 17.1. The van der Waals surface area contributed by atoms with Crippen molar-refractivity contribution in [3.63, 3.8) is 0 Å². The lowest BCUT2D eigenvalue weighted by molar-refractivity contribution is -0.886.